The van der Waals surface area contributed by atoms with Gasteiger partial charge in [-0.2, -0.15) is 0 Å². The molecule has 0 atom stereocenters. The first-order valence-electron chi connectivity index (χ1n) is 6.13. The number of aryl methyl sites for hydroxylation is 1. The van der Waals surface area contributed by atoms with Crippen LogP contribution in [0.15, 0.2) is 24.3 Å². The predicted molar refractivity (Wildman–Crippen MR) is 70.8 cm³/mol. The van der Waals surface area contributed by atoms with Gasteiger partial charge in [-0.05, 0) is 25.5 Å². The second kappa shape index (κ2) is 7.07. The van der Waals surface area contributed by atoms with Crippen LogP contribution in [0.25, 0.3) is 0 Å². The largest absolute Gasteiger partial charge is 0.340 e. The van der Waals surface area contributed by atoms with E-state index in [2.05, 4.69) is 43.4 Å². The number of carbonyl (C=O) groups excluding carboxylic acids is 1. The van der Waals surface area contributed by atoms with Crippen molar-refractivity contribution in [2.24, 2.45) is 0 Å². The molecule has 0 aromatic heterocycles. The Labute approximate surface area is 104 Å². The highest BCUT2D eigenvalue weighted by Crippen LogP contribution is 2.05. The Morgan fingerprint density at radius 1 is 1.29 bits per heavy atom. The summed E-state index contributed by atoms with van der Waals surface area (Å²) in [7, 11) is 1.84. The zero-order chi connectivity index (χ0) is 12.7. The van der Waals surface area contributed by atoms with Crippen LogP contribution in [-0.2, 0) is 11.3 Å². The van der Waals surface area contributed by atoms with E-state index in [0.717, 1.165) is 13.0 Å². The molecule has 0 bridgehead atoms. The Balaban J connectivity index is 2.40. The van der Waals surface area contributed by atoms with E-state index < -0.39 is 0 Å². The summed E-state index contributed by atoms with van der Waals surface area (Å²) >= 11 is 0. The quantitative estimate of drug-likeness (QED) is 0.763. The maximum absolute atomic E-state index is 11.8. The van der Waals surface area contributed by atoms with E-state index in [1.54, 1.807) is 4.90 Å². The van der Waals surface area contributed by atoms with Crippen LogP contribution in [0, 0.1) is 6.92 Å². The number of benzene rings is 1. The molecular formula is C14H22N2O. The van der Waals surface area contributed by atoms with Gasteiger partial charge in [-0.25, -0.2) is 0 Å². The minimum absolute atomic E-state index is 0.138. The van der Waals surface area contributed by atoms with Gasteiger partial charge in [0.25, 0.3) is 0 Å². The SMILES string of the molecule is CCCNCC(=O)N(C)Cc1ccc(C)cc1. The first kappa shape index (κ1) is 13.7. The molecule has 0 radical (unpaired) electrons. The summed E-state index contributed by atoms with van der Waals surface area (Å²) < 4.78 is 0. The van der Waals surface area contributed by atoms with Gasteiger partial charge in [-0.1, -0.05) is 36.8 Å². The number of nitrogens with zero attached hydrogens (tertiary/aromatic N) is 1. The van der Waals surface area contributed by atoms with Crippen LogP contribution in [0.5, 0.6) is 0 Å². The van der Waals surface area contributed by atoms with Gasteiger partial charge in [0.15, 0.2) is 0 Å². The minimum Gasteiger partial charge on any atom is -0.340 e. The van der Waals surface area contributed by atoms with Crippen LogP contribution in [0.1, 0.15) is 24.5 Å². The predicted octanol–water partition coefficient (Wildman–Crippen LogP) is 1.95. The highest BCUT2D eigenvalue weighted by atomic mass is 16.2. The molecule has 1 aromatic rings. The molecule has 0 saturated carbocycles. The van der Waals surface area contributed by atoms with E-state index in [1.165, 1.54) is 11.1 Å². The average Bonchev–Trinajstić information content (AvgIpc) is 2.32. The van der Waals surface area contributed by atoms with Gasteiger partial charge in [0.05, 0.1) is 6.54 Å². The highest BCUT2D eigenvalue weighted by Gasteiger charge is 2.07. The Morgan fingerprint density at radius 3 is 2.53 bits per heavy atom. The molecule has 0 fully saturated rings. The number of nitrogens with one attached hydrogen (secondary N) is 1. The molecule has 0 spiro atoms. The maximum atomic E-state index is 11.8. The molecule has 94 valence electrons. The van der Waals surface area contributed by atoms with Gasteiger partial charge >= 0.3 is 0 Å². The average molecular weight is 234 g/mol. The van der Waals surface area contributed by atoms with Crippen LogP contribution < -0.4 is 5.32 Å². The second-order valence-electron chi connectivity index (χ2n) is 4.41. The van der Waals surface area contributed by atoms with Gasteiger partial charge in [-0.3, -0.25) is 4.79 Å². The molecule has 1 aromatic carbocycles. The third-order valence-electron chi connectivity index (χ3n) is 2.67. The minimum atomic E-state index is 0.138. The second-order valence-corrected chi connectivity index (χ2v) is 4.41. The smallest absolute Gasteiger partial charge is 0.236 e. The number of likely N-dealkylation sites (N-methyl/N-ethyl adjacent to an activating group) is 1. The van der Waals surface area contributed by atoms with Gasteiger partial charge in [-0.15, -0.1) is 0 Å². The maximum Gasteiger partial charge on any atom is 0.236 e. The molecule has 1 N–H and O–H groups in total. The third kappa shape index (κ3) is 5.00. The Morgan fingerprint density at radius 2 is 1.94 bits per heavy atom. The molecule has 0 aliphatic heterocycles. The van der Waals surface area contributed by atoms with Crippen LogP contribution in [0.3, 0.4) is 0 Å². The first-order chi connectivity index (χ1) is 8.13. The standard InChI is InChI=1S/C14H22N2O/c1-4-9-15-10-14(17)16(3)11-13-7-5-12(2)6-8-13/h5-8,15H,4,9-11H2,1-3H3. The van der Waals surface area contributed by atoms with Gasteiger partial charge in [0.2, 0.25) is 5.91 Å². The van der Waals surface area contributed by atoms with Crippen LogP contribution in [0.2, 0.25) is 0 Å². The fourth-order valence-electron chi connectivity index (χ4n) is 1.56. The molecule has 3 heteroatoms. The molecule has 3 nitrogen and oxygen atoms in total. The molecule has 0 aliphatic rings. The van der Waals surface area contributed by atoms with Crippen molar-refractivity contribution >= 4 is 5.91 Å². The topological polar surface area (TPSA) is 32.3 Å². The number of rotatable bonds is 6. The molecule has 0 aliphatic carbocycles. The van der Waals surface area contributed by atoms with Crippen molar-refractivity contribution in [1.82, 2.24) is 10.2 Å². The van der Waals surface area contributed by atoms with Gasteiger partial charge in [0.1, 0.15) is 0 Å². The van der Waals surface area contributed by atoms with Gasteiger partial charge < -0.3 is 10.2 Å². The van der Waals surface area contributed by atoms with Crippen molar-refractivity contribution in [2.45, 2.75) is 26.8 Å². The summed E-state index contributed by atoms with van der Waals surface area (Å²) in [6, 6.07) is 8.28. The van der Waals surface area contributed by atoms with E-state index in [1.807, 2.05) is 7.05 Å². The summed E-state index contributed by atoms with van der Waals surface area (Å²) in [5.41, 5.74) is 2.41. The van der Waals surface area contributed by atoms with E-state index in [0.29, 0.717) is 13.1 Å². The molecule has 0 heterocycles. The molecular weight excluding hydrogens is 212 g/mol. The van der Waals surface area contributed by atoms with Crippen LogP contribution in [0.4, 0.5) is 0 Å². The fraction of sp³-hybridized carbons (Fsp3) is 0.500. The number of carbonyl (C=O) groups is 1. The van der Waals surface area contributed by atoms with Crippen molar-refractivity contribution in [3.8, 4) is 0 Å². The van der Waals surface area contributed by atoms with Crippen LogP contribution >= 0.6 is 0 Å². The Bertz CT molecular complexity index is 346. The van der Waals surface area contributed by atoms with Crippen LogP contribution in [-0.4, -0.2) is 30.9 Å². The molecule has 0 saturated heterocycles. The van der Waals surface area contributed by atoms with E-state index in [4.69, 9.17) is 0 Å². The Hall–Kier alpha value is -1.35. The summed E-state index contributed by atoms with van der Waals surface area (Å²) in [4.78, 5) is 13.5. The highest BCUT2D eigenvalue weighted by molar-refractivity contribution is 5.77. The van der Waals surface area contributed by atoms with E-state index in [-0.39, 0.29) is 5.91 Å². The summed E-state index contributed by atoms with van der Waals surface area (Å²) in [5, 5.41) is 3.12. The fourth-order valence-corrected chi connectivity index (χ4v) is 1.56. The molecule has 0 unspecified atom stereocenters. The monoisotopic (exact) mass is 234 g/mol. The van der Waals surface area contributed by atoms with E-state index in [9.17, 15) is 4.79 Å². The zero-order valence-electron chi connectivity index (χ0n) is 11.0. The lowest BCUT2D eigenvalue weighted by Gasteiger charge is -2.17. The number of hydrogen-bond acceptors (Lipinski definition) is 2. The zero-order valence-corrected chi connectivity index (χ0v) is 11.0. The lowest BCUT2D eigenvalue weighted by Crippen LogP contribution is -2.35. The van der Waals surface area contributed by atoms with E-state index >= 15 is 0 Å². The third-order valence-corrected chi connectivity index (χ3v) is 2.67. The summed E-state index contributed by atoms with van der Waals surface area (Å²) in [5.74, 6) is 0.138. The number of hydrogen-bond donors (Lipinski definition) is 1. The molecule has 1 rings (SSSR count). The normalized spacial score (nSPS) is 10.3. The lowest BCUT2D eigenvalue weighted by atomic mass is 10.1. The Kier molecular flexibility index (Phi) is 5.70. The van der Waals surface area contributed by atoms with Crippen molar-refractivity contribution in [3.05, 3.63) is 35.4 Å². The lowest BCUT2D eigenvalue weighted by molar-refractivity contribution is -0.129. The van der Waals surface area contributed by atoms with Crippen molar-refractivity contribution in [2.75, 3.05) is 20.1 Å². The van der Waals surface area contributed by atoms with Crippen molar-refractivity contribution < 1.29 is 4.79 Å². The first-order valence-corrected chi connectivity index (χ1v) is 6.13. The van der Waals surface area contributed by atoms with Crippen molar-refractivity contribution in [1.29, 1.82) is 0 Å². The molecule has 17 heavy (non-hydrogen) atoms. The van der Waals surface area contributed by atoms with Gasteiger partial charge in [0, 0.05) is 13.6 Å². The van der Waals surface area contributed by atoms with Crippen molar-refractivity contribution in [3.63, 3.8) is 0 Å². The molecule has 1 amide bonds. The summed E-state index contributed by atoms with van der Waals surface area (Å²) in [6.07, 6.45) is 1.05. The summed E-state index contributed by atoms with van der Waals surface area (Å²) in [6.45, 7) is 6.15. The number of amides is 1.